The van der Waals surface area contributed by atoms with Crippen LogP contribution in [0.25, 0.3) is 0 Å². The van der Waals surface area contributed by atoms with Crippen molar-refractivity contribution in [3.8, 4) is 0 Å². The van der Waals surface area contributed by atoms with Crippen LogP contribution in [-0.2, 0) is 12.8 Å². The first-order chi connectivity index (χ1) is 8.20. The highest BCUT2D eigenvalue weighted by Gasteiger charge is 2.18. The Labute approximate surface area is 104 Å². The van der Waals surface area contributed by atoms with E-state index in [1.54, 1.807) is 6.33 Å². The van der Waals surface area contributed by atoms with E-state index in [1.807, 2.05) is 0 Å². The first-order valence-corrected chi connectivity index (χ1v) is 6.80. The van der Waals surface area contributed by atoms with Crippen LogP contribution in [-0.4, -0.2) is 16.0 Å². The summed E-state index contributed by atoms with van der Waals surface area (Å²) in [5.74, 6) is 1.84. The van der Waals surface area contributed by atoms with Gasteiger partial charge >= 0.3 is 0 Å². The van der Waals surface area contributed by atoms with Crippen LogP contribution < -0.4 is 5.32 Å². The Morgan fingerprint density at radius 1 is 1.29 bits per heavy atom. The average molecular weight is 233 g/mol. The molecule has 0 fully saturated rings. The number of anilines is 1. The molecule has 17 heavy (non-hydrogen) atoms. The van der Waals surface area contributed by atoms with Gasteiger partial charge in [-0.15, -0.1) is 0 Å². The van der Waals surface area contributed by atoms with Gasteiger partial charge in [-0.1, -0.05) is 20.3 Å². The molecular weight excluding hydrogens is 210 g/mol. The first kappa shape index (κ1) is 12.3. The van der Waals surface area contributed by atoms with E-state index in [-0.39, 0.29) is 0 Å². The van der Waals surface area contributed by atoms with Gasteiger partial charge in [-0.3, -0.25) is 0 Å². The zero-order valence-electron chi connectivity index (χ0n) is 11.2. The Balaban J connectivity index is 2.01. The zero-order chi connectivity index (χ0) is 12.3. The molecule has 0 aromatic carbocycles. The predicted molar refractivity (Wildman–Crippen MR) is 71.2 cm³/mol. The fourth-order valence-corrected chi connectivity index (χ4v) is 2.55. The Hall–Kier alpha value is -1.12. The lowest BCUT2D eigenvalue weighted by atomic mass is 10.0. The first-order valence-electron chi connectivity index (χ1n) is 6.80. The van der Waals surface area contributed by atoms with Crippen molar-refractivity contribution in [2.24, 2.45) is 5.92 Å². The number of fused-ring (bicyclic) bond motifs is 1. The molecule has 0 amide bonds. The Bertz CT molecular complexity index is 376. The minimum Gasteiger partial charge on any atom is -0.367 e. The monoisotopic (exact) mass is 233 g/mol. The summed E-state index contributed by atoms with van der Waals surface area (Å²) < 4.78 is 0. The second-order valence-corrected chi connectivity index (χ2v) is 5.30. The molecule has 1 aromatic rings. The number of hydrogen-bond donors (Lipinski definition) is 1. The Kier molecular flexibility index (Phi) is 3.97. The molecule has 1 aliphatic rings. The lowest BCUT2D eigenvalue weighted by Crippen LogP contribution is -2.20. The van der Waals surface area contributed by atoms with Crippen LogP contribution in [0.2, 0.25) is 0 Å². The predicted octanol–water partition coefficient (Wildman–Crippen LogP) is 3.20. The summed E-state index contributed by atoms with van der Waals surface area (Å²) in [6, 6.07) is 0.490. The molecule has 1 N–H and O–H groups in total. The third-order valence-corrected chi connectivity index (χ3v) is 3.71. The summed E-state index contributed by atoms with van der Waals surface area (Å²) in [6.07, 6.45) is 7.62. The number of aromatic nitrogens is 2. The van der Waals surface area contributed by atoms with E-state index in [0.717, 1.165) is 24.6 Å². The Morgan fingerprint density at radius 2 is 2.12 bits per heavy atom. The minimum absolute atomic E-state index is 0.490. The maximum Gasteiger partial charge on any atom is 0.133 e. The molecule has 2 atom stereocenters. The molecule has 1 aliphatic carbocycles. The number of nitrogens with one attached hydrogen (secondary N) is 1. The molecule has 1 aromatic heterocycles. The van der Waals surface area contributed by atoms with Crippen LogP contribution in [0.1, 0.15) is 51.3 Å². The SMILES string of the molecule is CCC(C)CC(C)Nc1ncnc2c1CCC2. The highest BCUT2D eigenvalue weighted by Crippen LogP contribution is 2.26. The minimum atomic E-state index is 0.490. The molecule has 0 spiro atoms. The third kappa shape index (κ3) is 2.96. The number of hydrogen-bond acceptors (Lipinski definition) is 3. The molecule has 0 aliphatic heterocycles. The smallest absolute Gasteiger partial charge is 0.133 e. The van der Waals surface area contributed by atoms with Crippen molar-refractivity contribution in [3.63, 3.8) is 0 Å². The number of nitrogens with zero attached hydrogens (tertiary/aromatic N) is 2. The molecule has 0 bridgehead atoms. The molecule has 0 saturated heterocycles. The van der Waals surface area contributed by atoms with Crippen LogP contribution in [0.3, 0.4) is 0 Å². The van der Waals surface area contributed by atoms with E-state index in [2.05, 4.69) is 36.1 Å². The molecule has 2 rings (SSSR count). The zero-order valence-corrected chi connectivity index (χ0v) is 11.2. The van der Waals surface area contributed by atoms with Crippen molar-refractivity contribution in [1.29, 1.82) is 0 Å². The highest BCUT2D eigenvalue weighted by atomic mass is 15.0. The molecule has 3 nitrogen and oxygen atoms in total. The van der Waals surface area contributed by atoms with Crippen molar-refractivity contribution in [2.75, 3.05) is 5.32 Å². The van der Waals surface area contributed by atoms with Crippen molar-refractivity contribution >= 4 is 5.82 Å². The second-order valence-electron chi connectivity index (χ2n) is 5.30. The molecule has 0 saturated carbocycles. The summed E-state index contributed by atoms with van der Waals surface area (Å²) in [6.45, 7) is 6.80. The van der Waals surface area contributed by atoms with Gasteiger partial charge in [-0.2, -0.15) is 0 Å². The normalized spacial score (nSPS) is 17.6. The van der Waals surface area contributed by atoms with Crippen LogP contribution in [0.5, 0.6) is 0 Å². The van der Waals surface area contributed by atoms with Crippen LogP contribution >= 0.6 is 0 Å². The molecule has 0 radical (unpaired) electrons. The summed E-state index contributed by atoms with van der Waals surface area (Å²) in [4.78, 5) is 8.75. The van der Waals surface area contributed by atoms with Crippen molar-refractivity contribution in [3.05, 3.63) is 17.6 Å². The van der Waals surface area contributed by atoms with Gasteiger partial charge in [0, 0.05) is 17.3 Å². The lowest BCUT2D eigenvalue weighted by Gasteiger charge is -2.19. The number of rotatable bonds is 5. The van der Waals surface area contributed by atoms with Crippen molar-refractivity contribution in [2.45, 2.75) is 58.9 Å². The quantitative estimate of drug-likeness (QED) is 0.848. The van der Waals surface area contributed by atoms with Gasteiger partial charge in [0.1, 0.15) is 12.1 Å². The van der Waals surface area contributed by atoms with Gasteiger partial charge in [0.05, 0.1) is 0 Å². The van der Waals surface area contributed by atoms with E-state index in [1.165, 1.54) is 30.5 Å². The summed E-state index contributed by atoms with van der Waals surface area (Å²) in [7, 11) is 0. The van der Waals surface area contributed by atoms with Gasteiger partial charge < -0.3 is 5.32 Å². The van der Waals surface area contributed by atoms with Gasteiger partial charge in [0.15, 0.2) is 0 Å². The van der Waals surface area contributed by atoms with Gasteiger partial charge in [-0.05, 0) is 38.5 Å². The largest absolute Gasteiger partial charge is 0.367 e. The van der Waals surface area contributed by atoms with E-state index in [0.29, 0.717) is 6.04 Å². The lowest BCUT2D eigenvalue weighted by molar-refractivity contribution is 0.483. The van der Waals surface area contributed by atoms with Crippen LogP contribution in [0.15, 0.2) is 6.33 Å². The molecule has 2 unspecified atom stereocenters. The molecule has 3 heteroatoms. The fourth-order valence-electron chi connectivity index (χ4n) is 2.55. The molecular formula is C14H23N3. The van der Waals surface area contributed by atoms with Gasteiger partial charge in [0.2, 0.25) is 0 Å². The summed E-state index contributed by atoms with van der Waals surface area (Å²) in [5.41, 5.74) is 2.60. The standard InChI is InChI=1S/C14H23N3/c1-4-10(2)8-11(3)17-14-12-6-5-7-13(12)15-9-16-14/h9-11H,4-8H2,1-3H3,(H,15,16,17). The molecule has 94 valence electrons. The van der Waals surface area contributed by atoms with Crippen LogP contribution in [0.4, 0.5) is 5.82 Å². The maximum absolute atomic E-state index is 4.40. The summed E-state index contributed by atoms with van der Waals surface area (Å²) >= 11 is 0. The maximum atomic E-state index is 4.40. The fraction of sp³-hybridized carbons (Fsp3) is 0.714. The van der Waals surface area contributed by atoms with Crippen LogP contribution in [0, 0.1) is 5.92 Å². The van der Waals surface area contributed by atoms with E-state index in [9.17, 15) is 0 Å². The Morgan fingerprint density at radius 3 is 2.88 bits per heavy atom. The highest BCUT2D eigenvalue weighted by molar-refractivity contribution is 5.48. The van der Waals surface area contributed by atoms with Gasteiger partial charge in [0.25, 0.3) is 0 Å². The second kappa shape index (κ2) is 5.48. The molecule has 1 heterocycles. The number of aryl methyl sites for hydroxylation is 1. The van der Waals surface area contributed by atoms with Crippen molar-refractivity contribution in [1.82, 2.24) is 9.97 Å². The third-order valence-electron chi connectivity index (χ3n) is 3.71. The topological polar surface area (TPSA) is 37.8 Å². The van der Waals surface area contributed by atoms with E-state index < -0.39 is 0 Å². The average Bonchev–Trinajstić information content (AvgIpc) is 2.78. The van der Waals surface area contributed by atoms with Gasteiger partial charge in [-0.25, -0.2) is 9.97 Å². The van der Waals surface area contributed by atoms with E-state index in [4.69, 9.17) is 0 Å². The van der Waals surface area contributed by atoms with E-state index >= 15 is 0 Å². The summed E-state index contributed by atoms with van der Waals surface area (Å²) in [5, 5.41) is 3.56. The van der Waals surface area contributed by atoms with Crippen molar-refractivity contribution < 1.29 is 0 Å².